The van der Waals surface area contributed by atoms with Crippen LogP contribution in [-0.2, 0) is 0 Å². The van der Waals surface area contributed by atoms with Crippen LogP contribution in [0.3, 0.4) is 0 Å². The Labute approximate surface area is 112 Å². The summed E-state index contributed by atoms with van der Waals surface area (Å²) in [4.78, 5) is 14.8. The molecule has 92 valence electrons. The van der Waals surface area contributed by atoms with Gasteiger partial charge in [-0.05, 0) is 52.7 Å². The number of hydrogen-bond donors (Lipinski definition) is 1. The Kier molecular flexibility index (Phi) is 3.62. The van der Waals surface area contributed by atoms with E-state index in [9.17, 15) is 4.79 Å². The monoisotopic (exact) mass is 307 g/mol. The molecule has 0 radical (unpaired) electrons. The number of pyridine rings is 1. The number of nitrogens with zero attached hydrogens (tertiary/aromatic N) is 1. The Morgan fingerprint density at radius 3 is 2.78 bits per heavy atom. The summed E-state index contributed by atoms with van der Waals surface area (Å²) in [6.45, 7) is 1.96. The first-order chi connectivity index (χ1) is 8.58. The minimum absolute atomic E-state index is 0.107. The Hall–Kier alpha value is -1.88. The third-order valence-electron chi connectivity index (χ3n) is 2.28. The van der Waals surface area contributed by atoms with Crippen LogP contribution in [0.1, 0.15) is 16.1 Å². The fraction of sp³-hybridized carbons (Fsp3) is 0.0769. The first-order valence-corrected chi connectivity index (χ1v) is 5.99. The molecule has 0 aliphatic rings. The van der Waals surface area contributed by atoms with Gasteiger partial charge in [0.25, 0.3) is 0 Å². The van der Waals surface area contributed by atoms with Crippen LogP contribution in [0.15, 0.2) is 41.0 Å². The summed E-state index contributed by atoms with van der Waals surface area (Å²) in [6, 6.07) is 8.76. The standard InChI is InChI=1S/C13H10BrNO3/c1-8-4-5-10(9(14)7-8)18-11-3-2-6-15-12(11)13(16)17/h2-7H,1H3,(H,16,17). The third kappa shape index (κ3) is 2.68. The topological polar surface area (TPSA) is 59.4 Å². The van der Waals surface area contributed by atoms with Crippen LogP contribution >= 0.6 is 15.9 Å². The summed E-state index contributed by atoms with van der Waals surface area (Å²) in [5.74, 6) is -0.348. The molecule has 0 fully saturated rings. The fourth-order valence-corrected chi connectivity index (χ4v) is 2.01. The molecular weight excluding hydrogens is 298 g/mol. The van der Waals surface area contributed by atoms with E-state index in [1.165, 1.54) is 6.20 Å². The minimum Gasteiger partial charge on any atom is -0.476 e. The Morgan fingerprint density at radius 1 is 1.33 bits per heavy atom. The first kappa shape index (κ1) is 12.6. The van der Waals surface area contributed by atoms with Gasteiger partial charge in [0.15, 0.2) is 11.4 Å². The highest BCUT2D eigenvalue weighted by Crippen LogP contribution is 2.31. The zero-order valence-corrected chi connectivity index (χ0v) is 11.1. The lowest BCUT2D eigenvalue weighted by atomic mass is 10.2. The van der Waals surface area contributed by atoms with Gasteiger partial charge in [0.05, 0.1) is 4.47 Å². The summed E-state index contributed by atoms with van der Waals surface area (Å²) >= 11 is 3.37. The van der Waals surface area contributed by atoms with E-state index in [1.54, 1.807) is 18.2 Å². The maximum Gasteiger partial charge on any atom is 0.358 e. The zero-order chi connectivity index (χ0) is 13.1. The number of carboxylic acid groups (broad SMARTS) is 1. The van der Waals surface area contributed by atoms with Crippen molar-refractivity contribution in [1.82, 2.24) is 4.98 Å². The van der Waals surface area contributed by atoms with Crippen molar-refractivity contribution in [3.8, 4) is 11.5 Å². The van der Waals surface area contributed by atoms with Gasteiger partial charge >= 0.3 is 5.97 Å². The molecule has 2 aromatic rings. The number of rotatable bonds is 3. The van der Waals surface area contributed by atoms with Crippen molar-refractivity contribution in [1.29, 1.82) is 0 Å². The lowest BCUT2D eigenvalue weighted by Crippen LogP contribution is -2.02. The van der Waals surface area contributed by atoms with Gasteiger partial charge in [-0.1, -0.05) is 6.07 Å². The number of carbonyl (C=O) groups is 1. The molecule has 18 heavy (non-hydrogen) atoms. The molecule has 2 rings (SSSR count). The van der Waals surface area contributed by atoms with Crippen LogP contribution in [0.5, 0.6) is 11.5 Å². The van der Waals surface area contributed by atoms with Gasteiger partial charge in [0.2, 0.25) is 0 Å². The maximum atomic E-state index is 11.0. The van der Waals surface area contributed by atoms with Gasteiger partial charge in [-0.3, -0.25) is 0 Å². The van der Waals surface area contributed by atoms with E-state index in [-0.39, 0.29) is 11.4 Å². The van der Waals surface area contributed by atoms with E-state index < -0.39 is 5.97 Å². The molecule has 5 heteroatoms. The number of aryl methyl sites for hydroxylation is 1. The highest BCUT2D eigenvalue weighted by atomic mass is 79.9. The first-order valence-electron chi connectivity index (χ1n) is 5.20. The Balaban J connectivity index is 2.37. The number of carboxylic acids is 1. The summed E-state index contributed by atoms with van der Waals surface area (Å²) in [5, 5.41) is 9.00. The second-order valence-electron chi connectivity index (χ2n) is 3.69. The highest BCUT2D eigenvalue weighted by Gasteiger charge is 2.13. The molecule has 0 saturated carbocycles. The second kappa shape index (κ2) is 5.18. The lowest BCUT2D eigenvalue weighted by Gasteiger charge is -2.09. The van der Waals surface area contributed by atoms with E-state index >= 15 is 0 Å². The SMILES string of the molecule is Cc1ccc(Oc2cccnc2C(=O)O)c(Br)c1. The molecular formula is C13H10BrNO3. The van der Waals surface area contributed by atoms with Gasteiger partial charge in [-0.25, -0.2) is 9.78 Å². The van der Waals surface area contributed by atoms with Crippen LogP contribution in [0.2, 0.25) is 0 Å². The number of halogens is 1. The van der Waals surface area contributed by atoms with Crippen molar-refractivity contribution < 1.29 is 14.6 Å². The van der Waals surface area contributed by atoms with Crippen molar-refractivity contribution in [3.05, 3.63) is 52.3 Å². The normalized spacial score (nSPS) is 10.1. The molecule has 1 heterocycles. The summed E-state index contributed by atoms with van der Waals surface area (Å²) < 4.78 is 6.33. The van der Waals surface area contributed by atoms with Gasteiger partial charge < -0.3 is 9.84 Å². The van der Waals surface area contributed by atoms with E-state index in [4.69, 9.17) is 9.84 Å². The molecule has 1 N–H and O–H groups in total. The lowest BCUT2D eigenvalue weighted by molar-refractivity contribution is 0.0687. The molecule has 0 unspecified atom stereocenters. The van der Waals surface area contributed by atoms with Crippen molar-refractivity contribution >= 4 is 21.9 Å². The second-order valence-corrected chi connectivity index (χ2v) is 4.55. The average molecular weight is 308 g/mol. The van der Waals surface area contributed by atoms with Gasteiger partial charge in [0, 0.05) is 6.20 Å². The molecule has 0 atom stereocenters. The van der Waals surface area contributed by atoms with Crippen molar-refractivity contribution in [2.75, 3.05) is 0 Å². The number of hydrogen-bond acceptors (Lipinski definition) is 3. The van der Waals surface area contributed by atoms with Crippen LogP contribution in [0.25, 0.3) is 0 Å². The van der Waals surface area contributed by atoms with Crippen LogP contribution in [0, 0.1) is 6.92 Å². The smallest absolute Gasteiger partial charge is 0.358 e. The van der Waals surface area contributed by atoms with Gasteiger partial charge in [-0.2, -0.15) is 0 Å². The van der Waals surface area contributed by atoms with Gasteiger partial charge in [-0.15, -0.1) is 0 Å². The number of ether oxygens (including phenoxy) is 1. The maximum absolute atomic E-state index is 11.0. The fourth-order valence-electron chi connectivity index (χ4n) is 1.44. The zero-order valence-electron chi connectivity index (χ0n) is 9.55. The van der Waals surface area contributed by atoms with Crippen molar-refractivity contribution in [3.63, 3.8) is 0 Å². The van der Waals surface area contributed by atoms with Crippen LogP contribution in [0.4, 0.5) is 0 Å². The molecule has 4 nitrogen and oxygen atoms in total. The van der Waals surface area contributed by atoms with Crippen LogP contribution < -0.4 is 4.74 Å². The molecule has 0 aliphatic carbocycles. The summed E-state index contributed by atoms with van der Waals surface area (Å²) in [7, 11) is 0. The van der Waals surface area contributed by atoms with E-state index in [0.717, 1.165) is 10.0 Å². The molecule has 0 amide bonds. The molecule has 0 bridgehead atoms. The van der Waals surface area contributed by atoms with E-state index in [2.05, 4.69) is 20.9 Å². The minimum atomic E-state index is -1.12. The third-order valence-corrected chi connectivity index (χ3v) is 2.90. The van der Waals surface area contributed by atoms with Crippen LogP contribution in [-0.4, -0.2) is 16.1 Å². The number of benzene rings is 1. The van der Waals surface area contributed by atoms with Crippen molar-refractivity contribution in [2.24, 2.45) is 0 Å². The average Bonchev–Trinajstić information content (AvgIpc) is 2.33. The summed E-state index contributed by atoms with van der Waals surface area (Å²) in [6.07, 6.45) is 1.42. The van der Waals surface area contributed by atoms with E-state index in [1.807, 2.05) is 19.1 Å². The van der Waals surface area contributed by atoms with Gasteiger partial charge in [0.1, 0.15) is 5.75 Å². The number of aromatic nitrogens is 1. The predicted molar refractivity (Wildman–Crippen MR) is 70.1 cm³/mol. The Morgan fingerprint density at radius 2 is 2.11 bits per heavy atom. The summed E-state index contributed by atoms with van der Waals surface area (Å²) in [5.41, 5.74) is 0.976. The Bertz CT molecular complexity index is 599. The molecule has 0 spiro atoms. The molecule has 0 saturated heterocycles. The van der Waals surface area contributed by atoms with E-state index in [0.29, 0.717) is 5.75 Å². The molecule has 1 aromatic heterocycles. The van der Waals surface area contributed by atoms with Crippen molar-refractivity contribution in [2.45, 2.75) is 6.92 Å². The largest absolute Gasteiger partial charge is 0.476 e. The highest BCUT2D eigenvalue weighted by molar-refractivity contribution is 9.10. The predicted octanol–water partition coefficient (Wildman–Crippen LogP) is 3.64. The molecule has 1 aromatic carbocycles. The number of aromatic carboxylic acids is 1. The molecule has 0 aliphatic heterocycles. The quantitative estimate of drug-likeness (QED) is 0.940.